The summed E-state index contributed by atoms with van der Waals surface area (Å²) in [5.41, 5.74) is 8.22. The fourth-order valence-electron chi connectivity index (χ4n) is 2.40. The molecule has 1 aromatic heterocycles. The Bertz CT molecular complexity index is 549. The van der Waals surface area contributed by atoms with Gasteiger partial charge in [-0.05, 0) is 24.0 Å². The maximum absolute atomic E-state index is 12.2. The van der Waals surface area contributed by atoms with Crippen LogP contribution in [-0.2, 0) is 12.8 Å². The molecule has 1 aliphatic carbocycles. The standard InChI is InChI=1S/C13H13N3O/c14-12-5-6-15-16(12)13(17)11-7-9-3-1-2-4-10(9)8-11/h1-6,11H,7-8,14H2. The molecule has 0 spiro atoms. The lowest BCUT2D eigenvalue weighted by molar-refractivity contribution is 0.0825. The maximum Gasteiger partial charge on any atom is 0.252 e. The largest absolute Gasteiger partial charge is 0.383 e. The lowest BCUT2D eigenvalue weighted by Crippen LogP contribution is -2.24. The summed E-state index contributed by atoms with van der Waals surface area (Å²) in [7, 11) is 0. The number of carbonyl (C=O) groups is 1. The molecule has 0 saturated carbocycles. The van der Waals surface area contributed by atoms with Gasteiger partial charge < -0.3 is 5.73 Å². The summed E-state index contributed by atoms with van der Waals surface area (Å²) < 4.78 is 1.30. The molecule has 17 heavy (non-hydrogen) atoms. The maximum atomic E-state index is 12.2. The third-order valence-corrected chi connectivity index (χ3v) is 3.28. The molecule has 0 bridgehead atoms. The Kier molecular flexibility index (Phi) is 2.21. The first-order valence-corrected chi connectivity index (χ1v) is 5.66. The molecule has 2 N–H and O–H groups in total. The highest BCUT2D eigenvalue weighted by Crippen LogP contribution is 2.27. The summed E-state index contributed by atoms with van der Waals surface area (Å²) >= 11 is 0. The SMILES string of the molecule is Nc1ccnn1C(=O)C1Cc2ccccc2C1. The predicted molar refractivity (Wildman–Crippen MR) is 64.6 cm³/mol. The normalized spacial score (nSPS) is 14.8. The number of benzene rings is 1. The Morgan fingerprint density at radius 3 is 2.41 bits per heavy atom. The first-order chi connectivity index (χ1) is 8.25. The minimum Gasteiger partial charge on any atom is -0.383 e. The number of hydrogen-bond donors (Lipinski definition) is 1. The fourth-order valence-corrected chi connectivity index (χ4v) is 2.40. The second kappa shape index (κ2) is 3.73. The molecule has 3 rings (SSSR count). The van der Waals surface area contributed by atoms with E-state index >= 15 is 0 Å². The van der Waals surface area contributed by atoms with Crippen molar-refractivity contribution < 1.29 is 4.79 Å². The molecule has 4 heteroatoms. The number of carbonyl (C=O) groups excluding carboxylic acids is 1. The number of nitrogen functional groups attached to an aromatic ring is 1. The van der Waals surface area contributed by atoms with Crippen molar-refractivity contribution in [3.8, 4) is 0 Å². The van der Waals surface area contributed by atoms with Crippen LogP contribution >= 0.6 is 0 Å². The van der Waals surface area contributed by atoms with Gasteiger partial charge in [-0.3, -0.25) is 4.79 Å². The van der Waals surface area contributed by atoms with Crippen LogP contribution in [-0.4, -0.2) is 15.7 Å². The van der Waals surface area contributed by atoms with E-state index in [2.05, 4.69) is 17.2 Å². The Morgan fingerprint density at radius 2 is 1.88 bits per heavy atom. The van der Waals surface area contributed by atoms with Crippen molar-refractivity contribution in [3.63, 3.8) is 0 Å². The first kappa shape index (κ1) is 10.1. The molecule has 0 radical (unpaired) electrons. The Labute approximate surface area is 99.1 Å². The van der Waals surface area contributed by atoms with Crippen LogP contribution in [0.3, 0.4) is 0 Å². The van der Waals surface area contributed by atoms with Crippen molar-refractivity contribution in [3.05, 3.63) is 47.7 Å². The van der Waals surface area contributed by atoms with Gasteiger partial charge in [0, 0.05) is 12.0 Å². The van der Waals surface area contributed by atoms with Gasteiger partial charge in [0.2, 0.25) is 0 Å². The van der Waals surface area contributed by atoms with Gasteiger partial charge in [-0.2, -0.15) is 9.78 Å². The molecule has 0 atom stereocenters. The molecule has 4 nitrogen and oxygen atoms in total. The van der Waals surface area contributed by atoms with E-state index in [4.69, 9.17) is 5.73 Å². The topological polar surface area (TPSA) is 60.9 Å². The molecule has 1 aromatic carbocycles. The first-order valence-electron chi connectivity index (χ1n) is 5.66. The molecule has 0 aliphatic heterocycles. The van der Waals surface area contributed by atoms with Crippen molar-refractivity contribution in [2.24, 2.45) is 5.92 Å². The molecular weight excluding hydrogens is 214 g/mol. The van der Waals surface area contributed by atoms with Crippen LogP contribution in [0, 0.1) is 5.92 Å². The Balaban J connectivity index is 1.86. The van der Waals surface area contributed by atoms with Crippen LogP contribution in [0.4, 0.5) is 5.82 Å². The van der Waals surface area contributed by atoms with E-state index in [1.54, 1.807) is 12.3 Å². The number of anilines is 1. The highest BCUT2D eigenvalue weighted by atomic mass is 16.2. The van der Waals surface area contributed by atoms with Crippen LogP contribution in [0.5, 0.6) is 0 Å². The zero-order valence-electron chi connectivity index (χ0n) is 9.34. The Morgan fingerprint density at radius 1 is 1.24 bits per heavy atom. The predicted octanol–water partition coefficient (Wildman–Crippen LogP) is 1.52. The summed E-state index contributed by atoms with van der Waals surface area (Å²) in [5, 5.41) is 3.97. The van der Waals surface area contributed by atoms with Crippen molar-refractivity contribution in [1.29, 1.82) is 0 Å². The average molecular weight is 227 g/mol. The lowest BCUT2D eigenvalue weighted by atomic mass is 10.1. The average Bonchev–Trinajstić information content (AvgIpc) is 2.93. The van der Waals surface area contributed by atoms with E-state index in [-0.39, 0.29) is 11.8 Å². The number of nitrogens with two attached hydrogens (primary N) is 1. The molecule has 0 fully saturated rings. The van der Waals surface area contributed by atoms with E-state index in [0.717, 1.165) is 12.8 Å². The van der Waals surface area contributed by atoms with Crippen LogP contribution in [0.1, 0.15) is 15.9 Å². The fraction of sp³-hybridized carbons (Fsp3) is 0.231. The van der Waals surface area contributed by atoms with E-state index in [1.807, 2.05) is 12.1 Å². The molecular formula is C13H13N3O. The second-order valence-electron chi connectivity index (χ2n) is 4.38. The molecule has 0 unspecified atom stereocenters. The van der Waals surface area contributed by atoms with Crippen molar-refractivity contribution in [1.82, 2.24) is 9.78 Å². The number of rotatable bonds is 1. The smallest absolute Gasteiger partial charge is 0.252 e. The molecule has 1 aliphatic rings. The number of aromatic nitrogens is 2. The minimum atomic E-state index is -0.0328. The zero-order valence-corrected chi connectivity index (χ0v) is 9.34. The number of fused-ring (bicyclic) bond motifs is 1. The van der Waals surface area contributed by atoms with E-state index < -0.39 is 0 Å². The monoisotopic (exact) mass is 227 g/mol. The van der Waals surface area contributed by atoms with Gasteiger partial charge in [0.15, 0.2) is 0 Å². The third-order valence-electron chi connectivity index (χ3n) is 3.28. The third kappa shape index (κ3) is 1.62. The highest BCUT2D eigenvalue weighted by molar-refractivity contribution is 5.84. The summed E-state index contributed by atoms with van der Waals surface area (Å²) in [5.74, 6) is 0.365. The van der Waals surface area contributed by atoms with E-state index in [9.17, 15) is 4.79 Å². The summed E-state index contributed by atoms with van der Waals surface area (Å²) in [6.45, 7) is 0. The van der Waals surface area contributed by atoms with Gasteiger partial charge in [0.1, 0.15) is 5.82 Å². The van der Waals surface area contributed by atoms with Gasteiger partial charge in [0.25, 0.3) is 5.91 Å². The zero-order chi connectivity index (χ0) is 11.8. The molecule has 86 valence electrons. The van der Waals surface area contributed by atoms with Crippen LogP contribution in [0.15, 0.2) is 36.5 Å². The Hall–Kier alpha value is -2.10. The van der Waals surface area contributed by atoms with Gasteiger partial charge in [0.05, 0.1) is 6.20 Å². The van der Waals surface area contributed by atoms with Gasteiger partial charge in [-0.15, -0.1) is 0 Å². The van der Waals surface area contributed by atoms with Crippen LogP contribution < -0.4 is 5.73 Å². The second-order valence-corrected chi connectivity index (χ2v) is 4.38. The van der Waals surface area contributed by atoms with E-state index in [0.29, 0.717) is 5.82 Å². The van der Waals surface area contributed by atoms with Crippen LogP contribution in [0.25, 0.3) is 0 Å². The van der Waals surface area contributed by atoms with Crippen LogP contribution in [0.2, 0.25) is 0 Å². The molecule has 0 saturated heterocycles. The molecule has 2 aromatic rings. The molecule has 1 heterocycles. The van der Waals surface area contributed by atoms with Gasteiger partial charge in [-0.1, -0.05) is 24.3 Å². The lowest BCUT2D eigenvalue weighted by Gasteiger charge is -2.08. The summed E-state index contributed by atoms with van der Waals surface area (Å²) in [4.78, 5) is 12.2. The highest BCUT2D eigenvalue weighted by Gasteiger charge is 2.29. The quantitative estimate of drug-likeness (QED) is 0.803. The number of nitrogens with zero attached hydrogens (tertiary/aromatic N) is 2. The van der Waals surface area contributed by atoms with Gasteiger partial charge in [-0.25, -0.2) is 0 Å². The minimum absolute atomic E-state index is 0.0105. The summed E-state index contributed by atoms with van der Waals surface area (Å²) in [6, 6.07) is 9.81. The van der Waals surface area contributed by atoms with E-state index in [1.165, 1.54) is 15.8 Å². The van der Waals surface area contributed by atoms with Crippen molar-refractivity contribution >= 4 is 11.7 Å². The van der Waals surface area contributed by atoms with Gasteiger partial charge >= 0.3 is 0 Å². The number of hydrogen-bond acceptors (Lipinski definition) is 3. The molecule has 0 amide bonds. The summed E-state index contributed by atoms with van der Waals surface area (Å²) in [6.07, 6.45) is 3.12. The van der Waals surface area contributed by atoms with Crippen molar-refractivity contribution in [2.75, 3.05) is 5.73 Å². The van der Waals surface area contributed by atoms with Crippen molar-refractivity contribution in [2.45, 2.75) is 12.8 Å².